The van der Waals surface area contributed by atoms with E-state index in [1.54, 1.807) is 0 Å². The van der Waals surface area contributed by atoms with Crippen LogP contribution in [-0.4, -0.2) is 29.4 Å². The summed E-state index contributed by atoms with van der Waals surface area (Å²) in [7, 11) is 0. The van der Waals surface area contributed by atoms with Gasteiger partial charge in [-0.1, -0.05) is 48.5 Å². The maximum Gasteiger partial charge on any atom is 0.0870 e. The molecule has 1 aromatic carbocycles. The minimum atomic E-state index is -0.391. The Kier molecular flexibility index (Phi) is 4.54. The lowest BCUT2D eigenvalue weighted by Crippen LogP contribution is -2.42. The molecule has 1 aliphatic carbocycles. The number of halogens is 1. The van der Waals surface area contributed by atoms with Crippen LogP contribution in [0.25, 0.3) is 0 Å². The van der Waals surface area contributed by atoms with Crippen LogP contribution in [0.4, 0.5) is 0 Å². The minimum absolute atomic E-state index is 0.391. The van der Waals surface area contributed by atoms with Crippen LogP contribution in [0.1, 0.15) is 31.2 Å². The first-order valence-corrected chi connectivity index (χ1v) is 9.76. The fourth-order valence-corrected chi connectivity index (χ4v) is 4.23. The average Bonchev–Trinajstić information content (AvgIpc) is 3.51. The van der Waals surface area contributed by atoms with E-state index in [-0.39, 0.29) is 0 Å². The van der Waals surface area contributed by atoms with Crippen LogP contribution in [0.5, 0.6) is 0 Å². The van der Waals surface area contributed by atoms with Crippen molar-refractivity contribution in [3.63, 3.8) is 0 Å². The van der Waals surface area contributed by atoms with Crippen LogP contribution < -0.4 is 0 Å². The van der Waals surface area contributed by atoms with Gasteiger partial charge < -0.3 is 9.80 Å². The molecular formula is C22H24ClN3. The molecule has 3 nitrogen and oxygen atoms in total. The summed E-state index contributed by atoms with van der Waals surface area (Å²) in [6, 6.07) is 12.8. The van der Waals surface area contributed by atoms with E-state index in [0.29, 0.717) is 0 Å². The molecule has 0 atom stereocenters. The molecule has 3 aliphatic rings. The van der Waals surface area contributed by atoms with Crippen LogP contribution in [0, 0.1) is 17.2 Å². The fraction of sp³-hybridized carbons (Fsp3) is 0.409. The SMILES string of the molecule is C=C1C(Cl)=C(N2CCC(C#N)(c3ccccc3)CC2)C=CN1CC1CC1. The summed E-state index contributed by atoms with van der Waals surface area (Å²) in [6.07, 6.45) is 8.48. The van der Waals surface area contributed by atoms with E-state index in [0.717, 1.165) is 60.4 Å². The third kappa shape index (κ3) is 3.15. The lowest BCUT2D eigenvalue weighted by Gasteiger charge is -2.41. The Labute approximate surface area is 160 Å². The Bertz CT molecular complexity index is 790. The normalized spacial score (nSPS) is 22.5. The van der Waals surface area contributed by atoms with Crippen molar-refractivity contribution in [3.05, 3.63) is 71.2 Å². The van der Waals surface area contributed by atoms with Gasteiger partial charge in [-0.05, 0) is 43.2 Å². The zero-order valence-corrected chi connectivity index (χ0v) is 15.8. The van der Waals surface area contributed by atoms with Crippen molar-refractivity contribution in [3.8, 4) is 6.07 Å². The Morgan fingerprint density at radius 2 is 1.88 bits per heavy atom. The predicted molar refractivity (Wildman–Crippen MR) is 105 cm³/mol. The van der Waals surface area contributed by atoms with Gasteiger partial charge in [-0.3, -0.25) is 0 Å². The Balaban J connectivity index is 1.48. The molecular weight excluding hydrogens is 342 g/mol. The smallest absolute Gasteiger partial charge is 0.0870 e. The highest BCUT2D eigenvalue weighted by Gasteiger charge is 2.37. The molecule has 0 spiro atoms. The first-order chi connectivity index (χ1) is 12.6. The van der Waals surface area contributed by atoms with Gasteiger partial charge in [-0.25, -0.2) is 0 Å². The third-order valence-corrected chi connectivity index (χ3v) is 6.30. The molecule has 1 saturated carbocycles. The van der Waals surface area contributed by atoms with Gasteiger partial charge in [0.25, 0.3) is 0 Å². The van der Waals surface area contributed by atoms with E-state index < -0.39 is 5.41 Å². The summed E-state index contributed by atoms with van der Waals surface area (Å²) in [6.45, 7) is 6.87. The summed E-state index contributed by atoms with van der Waals surface area (Å²) in [5.74, 6) is 0.791. The molecule has 0 amide bonds. The molecule has 0 radical (unpaired) electrons. The average molecular weight is 366 g/mol. The molecule has 2 aliphatic heterocycles. The van der Waals surface area contributed by atoms with Gasteiger partial charge in [0.15, 0.2) is 0 Å². The summed E-state index contributed by atoms with van der Waals surface area (Å²) in [5.41, 5.74) is 2.68. The van der Waals surface area contributed by atoms with E-state index in [2.05, 4.69) is 46.9 Å². The molecule has 2 heterocycles. The van der Waals surface area contributed by atoms with Gasteiger partial charge in [0, 0.05) is 25.8 Å². The van der Waals surface area contributed by atoms with Gasteiger partial charge in [0.1, 0.15) is 0 Å². The van der Waals surface area contributed by atoms with Crippen molar-refractivity contribution in [1.29, 1.82) is 5.26 Å². The fourth-order valence-electron chi connectivity index (χ4n) is 3.94. The van der Waals surface area contributed by atoms with Crippen molar-refractivity contribution in [1.82, 2.24) is 9.80 Å². The Morgan fingerprint density at radius 3 is 2.50 bits per heavy atom. The molecule has 2 fully saturated rings. The minimum Gasteiger partial charge on any atom is -0.370 e. The standard InChI is InChI=1S/C22H24ClN3/c1-17-21(23)20(9-12-26(17)15-18-7-8-18)25-13-10-22(16-24,11-14-25)19-5-3-2-4-6-19/h2-6,9,12,18H,1,7-8,10-11,13-15H2. The monoisotopic (exact) mass is 365 g/mol. The van der Waals surface area contributed by atoms with Crippen molar-refractivity contribution < 1.29 is 0 Å². The maximum atomic E-state index is 9.87. The molecule has 1 saturated heterocycles. The van der Waals surface area contributed by atoms with E-state index in [9.17, 15) is 5.26 Å². The number of likely N-dealkylation sites (tertiary alicyclic amines) is 1. The highest BCUT2D eigenvalue weighted by atomic mass is 35.5. The third-order valence-electron chi connectivity index (χ3n) is 5.89. The molecule has 0 N–H and O–H groups in total. The number of nitriles is 1. The second-order valence-corrected chi connectivity index (χ2v) is 7.98. The lowest BCUT2D eigenvalue weighted by molar-refractivity contribution is 0.232. The first-order valence-electron chi connectivity index (χ1n) is 9.38. The maximum absolute atomic E-state index is 9.87. The molecule has 134 valence electrons. The van der Waals surface area contributed by atoms with Crippen LogP contribution in [-0.2, 0) is 5.41 Å². The summed E-state index contributed by atoms with van der Waals surface area (Å²) >= 11 is 6.67. The van der Waals surface area contributed by atoms with Gasteiger partial charge in [0.2, 0.25) is 0 Å². The molecule has 0 unspecified atom stereocenters. The highest BCUT2D eigenvalue weighted by molar-refractivity contribution is 6.32. The number of allylic oxidation sites excluding steroid dienone is 2. The largest absolute Gasteiger partial charge is 0.370 e. The predicted octanol–water partition coefficient (Wildman–Crippen LogP) is 4.75. The van der Waals surface area contributed by atoms with Gasteiger partial charge >= 0.3 is 0 Å². The summed E-state index contributed by atoms with van der Waals surface area (Å²) in [5, 5.41) is 10.6. The molecule has 1 aromatic rings. The first kappa shape index (κ1) is 17.2. The molecule has 4 rings (SSSR count). The van der Waals surface area contributed by atoms with E-state index >= 15 is 0 Å². The molecule has 26 heavy (non-hydrogen) atoms. The second-order valence-electron chi connectivity index (χ2n) is 7.60. The van der Waals surface area contributed by atoms with Crippen molar-refractivity contribution in [2.75, 3.05) is 19.6 Å². The summed E-state index contributed by atoms with van der Waals surface area (Å²) in [4.78, 5) is 4.48. The van der Waals surface area contributed by atoms with Crippen molar-refractivity contribution in [2.24, 2.45) is 5.92 Å². The van der Waals surface area contributed by atoms with Crippen molar-refractivity contribution >= 4 is 11.6 Å². The number of benzene rings is 1. The molecule has 0 bridgehead atoms. The highest BCUT2D eigenvalue weighted by Crippen LogP contribution is 2.39. The van der Waals surface area contributed by atoms with Gasteiger partial charge in [0.05, 0.1) is 27.9 Å². The number of rotatable bonds is 4. The van der Waals surface area contributed by atoms with E-state index in [1.807, 2.05) is 18.2 Å². The Morgan fingerprint density at radius 1 is 1.19 bits per heavy atom. The van der Waals surface area contributed by atoms with E-state index in [4.69, 9.17) is 11.6 Å². The van der Waals surface area contributed by atoms with Gasteiger partial charge in [-0.15, -0.1) is 0 Å². The number of hydrogen-bond acceptors (Lipinski definition) is 3. The second kappa shape index (κ2) is 6.85. The van der Waals surface area contributed by atoms with Gasteiger partial charge in [-0.2, -0.15) is 5.26 Å². The topological polar surface area (TPSA) is 30.3 Å². The molecule has 0 aromatic heterocycles. The Hall–Kier alpha value is -2.18. The van der Waals surface area contributed by atoms with Crippen LogP contribution in [0.15, 0.2) is 65.6 Å². The number of nitrogens with zero attached hydrogens (tertiary/aromatic N) is 3. The molecule has 4 heteroatoms. The van der Waals surface area contributed by atoms with Crippen molar-refractivity contribution in [2.45, 2.75) is 31.1 Å². The van der Waals surface area contributed by atoms with E-state index in [1.165, 1.54) is 12.8 Å². The van der Waals surface area contributed by atoms with Crippen LogP contribution in [0.2, 0.25) is 0 Å². The zero-order valence-electron chi connectivity index (χ0n) is 15.0. The number of piperidine rings is 1. The zero-order chi connectivity index (χ0) is 18.1. The summed E-state index contributed by atoms with van der Waals surface area (Å²) < 4.78 is 0. The van der Waals surface area contributed by atoms with Crippen LogP contribution in [0.3, 0.4) is 0 Å². The number of hydrogen-bond donors (Lipinski definition) is 0. The quantitative estimate of drug-likeness (QED) is 0.771. The lowest BCUT2D eigenvalue weighted by atomic mass is 9.74. The van der Waals surface area contributed by atoms with Crippen LogP contribution >= 0.6 is 11.6 Å².